The van der Waals surface area contributed by atoms with E-state index >= 15 is 0 Å². The van der Waals surface area contributed by atoms with Gasteiger partial charge < -0.3 is 10.2 Å². The molecule has 0 aliphatic carbocycles. The molecule has 0 heterocycles. The van der Waals surface area contributed by atoms with Crippen LogP contribution in [0.5, 0.6) is 0 Å². The molecule has 0 saturated heterocycles. The minimum atomic E-state index is -3.95. The second-order valence-corrected chi connectivity index (χ2v) is 5.62. The van der Waals surface area contributed by atoms with Crippen LogP contribution < -0.4 is 4.72 Å². The van der Waals surface area contributed by atoms with Crippen LogP contribution in [0.1, 0.15) is 5.56 Å². The van der Waals surface area contributed by atoms with Crippen LogP contribution in [-0.4, -0.2) is 37.2 Å². The molecule has 6 nitrogen and oxygen atoms in total. The summed E-state index contributed by atoms with van der Waals surface area (Å²) in [4.78, 5) is 10.6. The summed E-state index contributed by atoms with van der Waals surface area (Å²) < 4.78 is 24.9. The van der Waals surface area contributed by atoms with Gasteiger partial charge in [0.15, 0.2) is 0 Å². The van der Waals surface area contributed by atoms with E-state index in [0.717, 1.165) is 5.41 Å². The molecule has 19 heavy (non-hydrogen) atoms. The van der Waals surface area contributed by atoms with E-state index < -0.39 is 28.6 Å². The van der Waals surface area contributed by atoms with Crippen molar-refractivity contribution >= 4 is 33.7 Å². The van der Waals surface area contributed by atoms with Gasteiger partial charge in [-0.2, -0.15) is 4.72 Å². The van der Waals surface area contributed by atoms with E-state index in [9.17, 15) is 13.2 Å². The first-order valence-corrected chi connectivity index (χ1v) is 7.06. The number of aliphatic carboxylic acids is 1. The number of sulfonamides is 1. The second kappa shape index (κ2) is 6.67. The molecule has 1 aromatic carbocycles. The summed E-state index contributed by atoms with van der Waals surface area (Å²) in [6.45, 7) is -0.830. The van der Waals surface area contributed by atoms with Crippen LogP contribution in [0.15, 0.2) is 29.7 Å². The van der Waals surface area contributed by atoms with Crippen molar-refractivity contribution in [1.82, 2.24) is 4.72 Å². The Kier molecular flexibility index (Phi) is 5.49. The maximum Gasteiger partial charge on any atom is 0.324 e. The van der Waals surface area contributed by atoms with Crippen molar-refractivity contribution in [2.75, 3.05) is 6.61 Å². The first kappa shape index (κ1) is 15.6. The number of carboxylic acids is 1. The van der Waals surface area contributed by atoms with Gasteiger partial charge in [0.05, 0.1) is 6.61 Å². The maximum absolute atomic E-state index is 11.5. The lowest BCUT2D eigenvalue weighted by Gasteiger charge is -2.09. The van der Waals surface area contributed by atoms with Gasteiger partial charge in [0.2, 0.25) is 10.0 Å². The number of rotatable bonds is 6. The Morgan fingerprint density at radius 1 is 1.37 bits per heavy atom. The third kappa shape index (κ3) is 5.39. The highest BCUT2D eigenvalue weighted by atomic mass is 35.5. The lowest BCUT2D eigenvalue weighted by Crippen LogP contribution is -2.42. The highest BCUT2D eigenvalue weighted by molar-refractivity contribution is 7.92. The largest absolute Gasteiger partial charge is 0.480 e. The summed E-state index contributed by atoms with van der Waals surface area (Å²) >= 11 is 5.68. The Labute approximate surface area is 115 Å². The molecule has 0 unspecified atom stereocenters. The zero-order valence-corrected chi connectivity index (χ0v) is 11.2. The molecule has 0 aliphatic rings. The van der Waals surface area contributed by atoms with Gasteiger partial charge in [0, 0.05) is 10.4 Å². The summed E-state index contributed by atoms with van der Waals surface area (Å²) in [5, 5.41) is 18.7. The average molecular weight is 306 g/mol. The van der Waals surface area contributed by atoms with Crippen molar-refractivity contribution < 1.29 is 23.4 Å². The number of aliphatic hydroxyl groups excluding tert-OH is 1. The molecule has 3 N–H and O–H groups in total. The van der Waals surface area contributed by atoms with Crippen molar-refractivity contribution in [2.24, 2.45) is 0 Å². The van der Waals surface area contributed by atoms with E-state index in [4.69, 9.17) is 21.8 Å². The molecule has 0 amide bonds. The minimum absolute atomic E-state index is 0.518. The molecule has 1 atom stereocenters. The van der Waals surface area contributed by atoms with E-state index in [1.165, 1.54) is 6.08 Å². The summed E-state index contributed by atoms with van der Waals surface area (Å²) in [6, 6.07) is 4.83. The first-order chi connectivity index (χ1) is 8.84. The molecule has 0 bridgehead atoms. The number of nitrogens with one attached hydrogen (secondary N) is 1. The van der Waals surface area contributed by atoms with E-state index in [-0.39, 0.29) is 0 Å². The number of benzene rings is 1. The topological polar surface area (TPSA) is 104 Å². The van der Waals surface area contributed by atoms with Crippen LogP contribution in [0.25, 0.3) is 6.08 Å². The van der Waals surface area contributed by atoms with Gasteiger partial charge in [-0.15, -0.1) is 0 Å². The fraction of sp³-hybridized carbons (Fsp3) is 0.182. The zero-order valence-electron chi connectivity index (χ0n) is 9.65. The third-order valence-electron chi connectivity index (χ3n) is 2.10. The smallest absolute Gasteiger partial charge is 0.324 e. The van der Waals surface area contributed by atoms with Crippen molar-refractivity contribution in [3.05, 3.63) is 40.3 Å². The number of carboxylic acid groups (broad SMARTS) is 1. The minimum Gasteiger partial charge on any atom is -0.480 e. The molecular formula is C11H12ClNO5S. The van der Waals surface area contributed by atoms with Crippen molar-refractivity contribution in [2.45, 2.75) is 6.04 Å². The van der Waals surface area contributed by atoms with Gasteiger partial charge >= 0.3 is 5.97 Å². The first-order valence-electron chi connectivity index (χ1n) is 5.14. The SMILES string of the molecule is O=C(O)[C@H](CO)NS(=O)(=O)/C=C/c1ccc(Cl)cc1. The van der Waals surface area contributed by atoms with Crippen LogP contribution in [0.2, 0.25) is 5.02 Å². The fourth-order valence-corrected chi connectivity index (χ4v) is 2.26. The fourth-order valence-electron chi connectivity index (χ4n) is 1.15. The van der Waals surface area contributed by atoms with Gasteiger partial charge in [-0.1, -0.05) is 23.7 Å². The maximum atomic E-state index is 11.5. The second-order valence-electron chi connectivity index (χ2n) is 3.59. The average Bonchev–Trinajstić information content (AvgIpc) is 2.35. The predicted octanol–water partition coefficient (Wildman–Crippen LogP) is 0.676. The number of halogens is 1. The van der Waals surface area contributed by atoms with E-state index in [1.54, 1.807) is 24.3 Å². The van der Waals surface area contributed by atoms with Crippen molar-refractivity contribution in [1.29, 1.82) is 0 Å². The highest BCUT2D eigenvalue weighted by Crippen LogP contribution is 2.11. The van der Waals surface area contributed by atoms with E-state index in [1.807, 2.05) is 4.72 Å². The summed E-state index contributed by atoms with van der Waals surface area (Å²) in [5.74, 6) is -1.45. The molecule has 0 saturated carbocycles. The van der Waals surface area contributed by atoms with Crippen LogP contribution in [0, 0.1) is 0 Å². The normalized spacial score (nSPS) is 13.6. The number of aliphatic hydroxyl groups is 1. The molecule has 0 fully saturated rings. The number of hydrogen-bond acceptors (Lipinski definition) is 4. The Balaban J connectivity index is 2.79. The summed E-state index contributed by atoms with van der Waals surface area (Å²) in [7, 11) is -3.95. The van der Waals surface area contributed by atoms with Gasteiger partial charge in [0.25, 0.3) is 0 Å². The molecule has 0 aliphatic heterocycles. The van der Waals surface area contributed by atoms with Crippen LogP contribution in [0.4, 0.5) is 0 Å². The third-order valence-corrected chi connectivity index (χ3v) is 3.46. The molecule has 104 valence electrons. The van der Waals surface area contributed by atoms with Crippen LogP contribution in [0.3, 0.4) is 0 Å². The number of hydrogen-bond donors (Lipinski definition) is 3. The molecular weight excluding hydrogens is 294 g/mol. The summed E-state index contributed by atoms with van der Waals surface area (Å²) in [5.41, 5.74) is 0.589. The standard InChI is InChI=1S/C11H12ClNO5S/c12-9-3-1-8(2-4-9)5-6-19(17,18)13-10(7-14)11(15)16/h1-6,10,13-14H,7H2,(H,15,16)/b6-5+/t10-/m0/s1. The monoisotopic (exact) mass is 305 g/mol. The molecule has 0 spiro atoms. The Bertz CT molecular complexity index is 567. The highest BCUT2D eigenvalue weighted by Gasteiger charge is 2.21. The number of carbonyl (C=O) groups is 1. The lowest BCUT2D eigenvalue weighted by atomic mass is 10.2. The molecule has 8 heteroatoms. The van der Waals surface area contributed by atoms with Crippen molar-refractivity contribution in [3.8, 4) is 0 Å². The molecule has 0 aromatic heterocycles. The Hall–Kier alpha value is -1.41. The lowest BCUT2D eigenvalue weighted by molar-refractivity contribution is -0.139. The summed E-state index contributed by atoms with van der Waals surface area (Å²) in [6.07, 6.45) is 1.29. The zero-order chi connectivity index (χ0) is 14.5. The Morgan fingerprint density at radius 3 is 2.42 bits per heavy atom. The van der Waals surface area contributed by atoms with E-state index in [0.29, 0.717) is 10.6 Å². The van der Waals surface area contributed by atoms with Crippen molar-refractivity contribution in [3.63, 3.8) is 0 Å². The molecule has 1 rings (SSSR count). The van der Waals surface area contributed by atoms with Gasteiger partial charge in [-0.25, -0.2) is 8.42 Å². The van der Waals surface area contributed by atoms with Gasteiger partial charge in [-0.3, -0.25) is 4.79 Å². The predicted molar refractivity (Wildman–Crippen MR) is 71.1 cm³/mol. The molecule has 1 aromatic rings. The van der Waals surface area contributed by atoms with E-state index in [2.05, 4.69) is 0 Å². The van der Waals surface area contributed by atoms with Gasteiger partial charge in [-0.05, 0) is 23.8 Å². The Morgan fingerprint density at radius 2 is 1.95 bits per heavy atom. The quantitative estimate of drug-likeness (QED) is 0.717. The van der Waals surface area contributed by atoms with Crippen LogP contribution in [-0.2, 0) is 14.8 Å². The molecule has 0 radical (unpaired) electrons. The van der Waals surface area contributed by atoms with Gasteiger partial charge in [0.1, 0.15) is 6.04 Å². The van der Waals surface area contributed by atoms with Crippen LogP contribution >= 0.6 is 11.6 Å².